The van der Waals surface area contributed by atoms with E-state index in [1.54, 1.807) is 0 Å². The highest BCUT2D eigenvalue weighted by molar-refractivity contribution is 5.15. The lowest BCUT2D eigenvalue weighted by atomic mass is 9.60. The SMILES string of the molecule is CCC1(C)C2CCC(C2)C1(N)CC. The van der Waals surface area contributed by atoms with Crippen LogP contribution in [0.3, 0.4) is 0 Å². The molecule has 0 heterocycles. The van der Waals surface area contributed by atoms with Crippen molar-refractivity contribution in [1.29, 1.82) is 0 Å². The van der Waals surface area contributed by atoms with E-state index in [4.69, 9.17) is 5.73 Å². The summed E-state index contributed by atoms with van der Waals surface area (Å²) in [5, 5.41) is 0. The predicted octanol–water partition coefficient (Wildman–Crippen LogP) is 2.94. The Kier molecular flexibility index (Phi) is 1.99. The minimum atomic E-state index is 0.157. The van der Waals surface area contributed by atoms with Crippen LogP contribution in [0.5, 0.6) is 0 Å². The fourth-order valence-electron chi connectivity index (χ4n) is 4.18. The molecule has 1 nitrogen and oxygen atoms in total. The van der Waals surface area contributed by atoms with Gasteiger partial charge in [0.2, 0.25) is 0 Å². The lowest BCUT2D eigenvalue weighted by Gasteiger charge is -2.49. The third kappa shape index (κ3) is 0.918. The summed E-state index contributed by atoms with van der Waals surface area (Å²) in [6.45, 7) is 7.02. The highest BCUT2D eigenvalue weighted by Crippen LogP contribution is 2.62. The third-order valence-electron chi connectivity index (χ3n) is 5.44. The Morgan fingerprint density at radius 3 is 2.23 bits per heavy atom. The quantitative estimate of drug-likeness (QED) is 0.696. The highest BCUT2D eigenvalue weighted by atomic mass is 14.9. The molecule has 2 saturated carbocycles. The van der Waals surface area contributed by atoms with E-state index in [1.165, 1.54) is 32.1 Å². The van der Waals surface area contributed by atoms with Gasteiger partial charge in [-0.25, -0.2) is 0 Å². The van der Waals surface area contributed by atoms with Gasteiger partial charge in [0, 0.05) is 5.54 Å². The van der Waals surface area contributed by atoms with E-state index in [-0.39, 0.29) is 5.54 Å². The average Bonchev–Trinajstić information content (AvgIpc) is 2.70. The molecule has 0 aliphatic heterocycles. The molecule has 4 atom stereocenters. The number of rotatable bonds is 2. The number of hydrogen-bond acceptors (Lipinski definition) is 1. The van der Waals surface area contributed by atoms with E-state index in [0.717, 1.165) is 11.8 Å². The molecule has 4 unspecified atom stereocenters. The Bertz CT molecular complexity index is 191. The van der Waals surface area contributed by atoms with Gasteiger partial charge in [-0.15, -0.1) is 0 Å². The van der Waals surface area contributed by atoms with Gasteiger partial charge in [-0.2, -0.15) is 0 Å². The van der Waals surface area contributed by atoms with Crippen LogP contribution in [0.4, 0.5) is 0 Å². The van der Waals surface area contributed by atoms with Gasteiger partial charge in [0.05, 0.1) is 0 Å². The second kappa shape index (κ2) is 2.73. The normalized spacial score (nSPS) is 54.5. The Morgan fingerprint density at radius 2 is 1.77 bits per heavy atom. The summed E-state index contributed by atoms with van der Waals surface area (Å²) in [5.74, 6) is 1.75. The Labute approximate surface area is 82.1 Å². The molecule has 0 radical (unpaired) electrons. The minimum Gasteiger partial charge on any atom is -0.324 e. The zero-order valence-corrected chi connectivity index (χ0v) is 9.27. The van der Waals surface area contributed by atoms with Gasteiger partial charge < -0.3 is 5.73 Å². The van der Waals surface area contributed by atoms with E-state index in [0.29, 0.717) is 5.41 Å². The van der Waals surface area contributed by atoms with Gasteiger partial charge in [0.15, 0.2) is 0 Å². The van der Waals surface area contributed by atoms with Crippen molar-refractivity contribution in [2.24, 2.45) is 23.0 Å². The first-order valence-corrected chi connectivity index (χ1v) is 5.87. The lowest BCUT2D eigenvalue weighted by molar-refractivity contribution is 0.0587. The van der Waals surface area contributed by atoms with Crippen molar-refractivity contribution in [1.82, 2.24) is 0 Å². The Balaban J connectivity index is 2.35. The second-order valence-electron chi connectivity index (χ2n) is 5.37. The average molecular weight is 181 g/mol. The first-order chi connectivity index (χ1) is 6.08. The van der Waals surface area contributed by atoms with Crippen molar-refractivity contribution < 1.29 is 0 Å². The van der Waals surface area contributed by atoms with Crippen LogP contribution < -0.4 is 5.73 Å². The first kappa shape index (κ1) is 9.51. The summed E-state index contributed by atoms with van der Waals surface area (Å²) in [6, 6.07) is 0. The predicted molar refractivity (Wildman–Crippen MR) is 56.4 cm³/mol. The molecule has 0 saturated heterocycles. The second-order valence-corrected chi connectivity index (χ2v) is 5.37. The monoisotopic (exact) mass is 181 g/mol. The molecule has 0 aromatic rings. The van der Waals surface area contributed by atoms with Crippen molar-refractivity contribution in [3.8, 4) is 0 Å². The molecule has 1 heteroatoms. The van der Waals surface area contributed by atoms with Crippen LogP contribution >= 0.6 is 0 Å². The van der Waals surface area contributed by atoms with Crippen molar-refractivity contribution in [2.45, 2.75) is 58.4 Å². The maximum atomic E-state index is 6.63. The first-order valence-electron chi connectivity index (χ1n) is 5.87. The maximum absolute atomic E-state index is 6.63. The zero-order valence-electron chi connectivity index (χ0n) is 9.27. The molecule has 2 aliphatic carbocycles. The molecule has 0 aromatic heterocycles. The van der Waals surface area contributed by atoms with Crippen LogP contribution in [-0.4, -0.2) is 5.54 Å². The van der Waals surface area contributed by atoms with E-state index in [2.05, 4.69) is 20.8 Å². The lowest BCUT2D eigenvalue weighted by Crippen LogP contribution is -2.57. The third-order valence-corrected chi connectivity index (χ3v) is 5.44. The fraction of sp³-hybridized carbons (Fsp3) is 1.00. The van der Waals surface area contributed by atoms with Gasteiger partial charge in [0.25, 0.3) is 0 Å². The van der Waals surface area contributed by atoms with Crippen LogP contribution in [0, 0.1) is 17.3 Å². The summed E-state index contributed by atoms with van der Waals surface area (Å²) in [7, 11) is 0. The molecule has 0 aromatic carbocycles. The van der Waals surface area contributed by atoms with Crippen LogP contribution in [0.15, 0.2) is 0 Å². The van der Waals surface area contributed by atoms with Crippen molar-refractivity contribution >= 4 is 0 Å². The molecule has 0 amide bonds. The van der Waals surface area contributed by atoms with Crippen molar-refractivity contribution in [3.05, 3.63) is 0 Å². The molecule has 2 fully saturated rings. The van der Waals surface area contributed by atoms with E-state index >= 15 is 0 Å². The van der Waals surface area contributed by atoms with Crippen molar-refractivity contribution in [2.75, 3.05) is 0 Å². The van der Waals surface area contributed by atoms with Gasteiger partial charge in [-0.05, 0) is 49.4 Å². The highest BCUT2D eigenvalue weighted by Gasteiger charge is 2.61. The standard InChI is InChI=1S/C12H23N/c1-4-11(3)9-6-7-10(8-9)12(11,13)5-2/h9-10H,4-8,13H2,1-3H3. The molecular formula is C12H23N. The zero-order chi connectivity index (χ0) is 9.69. The fourth-order valence-corrected chi connectivity index (χ4v) is 4.18. The molecule has 76 valence electrons. The van der Waals surface area contributed by atoms with Gasteiger partial charge in [-0.3, -0.25) is 0 Å². The van der Waals surface area contributed by atoms with E-state index < -0.39 is 0 Å². The molecule has 2 rings (SSSR count). The van der Waals surface area contributed by atoms with Gasteiger partial charge >= 0.3 is 0 Å². The van der Waals surface area contributed by atoms with Crippen LogP contribution in [0.1, 0.15) is 52.9 Å². The number of nitrogens with two attached hydrogens (primary N) is 1. The Morgan fingerprint density at radius 1 is 1.15 bits per heavy atom. The number of hydrogen-bond donors (Lipinski definition) is 1. The largest absolute Gasteiger partial charge is 0.324 e. The summed E-state index contributed by atoms with van der Waals surface area (Å²) in [6.07, 6.45) is 6.67. The molecule has 2 aliphatic rings. The van der Waals surface area contributed by atoms with E-state index in [1.807, 2.05) is 0 Å². The minimum absolute atomic E-state index is 0.157. The summed E-state index contributed by atoms with van der Waals surface area (Å²) >= 11 is 0. The van der Waals surface area contributed by atoms with Crippen LogP contribution in [0.2, 0.25) is 0 Å². The van der Waals surface area contributed by atoms with Gasteiger partial charge in [-0.1, -0.05) is 20.8 Å². The summed E-state index contributed by atoms with van der Waals surface area (Å²) in [4.78, 5) is 0. The molecule has 13 heavy (non-hydrogen) atoms. The van der Waals surface area contributed by atoms with Crippen LogP contribution in [-0.2, 0) is 0 Å². The van der Waals surface area contributed by atoms with Crippen LogP contribution in [0.25, 0.3) is 0 Å². The molecule has 0 spiro atoms. The van der Waals surface area contributed by atoms with Crippen molar-refractivity contribution in [3.63, 3.8) is 0 Å². The molecule has 2 N–H and O–H groups in total. The van der Waals surface area contributed by atoms with E-state index in [9.17, 15) is 0 Å². The Hall–Kier alpha value is -0.0400. The molecule has 2 bridgehead atoms. The summed E-state index contributed by atoms with van der Waals surface area (Å²) < 4.78 is 0. The number of fused-ring (bicyclic) bond motifs is 2. The smallest absolute Gasteiger partial charge is 0.0237 e. The molecular weight excluding hydrogens is 158 g/mol. The topological polar surface area (TPSA) is 26.0 Å². The summed E-state index contributed by atoms with van der Waals surface area (Å²) in [5.41, 5.74) is 7.23. The van der Waals surface area contributed by atoms with Gasteiger partial charge in [0.1, 0.15) is 0 Å². The maximum Gasteiger partial charge on any atom is 0.0237 e.